The lowest BCUT2D eigenvalue weighted by atomic mass is 9.93. The van der Waals surface area contributed by atoms with Gasteiger partial charge in [-0.25, -0.2) is 0 Å². The smallest absolute Gasteiger partial charge is 0.0831 e. The standard InChI is InChI=1S/C11H20N2O/c14-10-7-12-6-9(10)13-5-1-2-11(8-13)3-4-11/h9-10,12,14H,1-8H2/t9-,10-/m1/s1. The largest absolute Gasteiger partial charge is 0.390 e. The molecule has 2 saturated heterocycles. The summed E-state index contributed by atoms with van der Waals surface area (Å²) in [5, 5.41) is 13.1. The monoisotopic (exact) mass is 196 g/mol. The highest BCUT2D eigenvalue weighted by atomic mass is 16.3. The van der Waals surface area contributed by atoms with Crippen LogP contribution in [0.4, 0.5) is 0 Å². The van der Waals surface area contributed by atoms with Gasteiger partial charge in [-0.2, -0.15) is 0 Å². The number of rotatable bonds is 1. The van der Waals surface area contributed by atoms with Gasteiger partial charge in [-0.3, -0.25) is 4.90 Å². The number of piperidine rings is 1. The first-order valence-corrected chi connectivity index (χ1v) is 5.92. The minimum atomic E-state index is -0.135. The molecule has 3 rings (SSSR count). The Morgan fingerprint density at radius 2 is 2.07 bits per heavy atom. The number of nitrogens with zero attached hydrogens (tertiary/aromatic N) is 1. The van der Waals surface area contributed by atoms with Crippen molar-refractivity contribution in [3.63, 3.8) is 0 Å². The van der Waals surface area contributed by atoms with Crippen LogP contribution in [0.15, 0.2) is 0 Å². The number of hydrogen-bond acceptors (Lipinski definition) is 3. The lowest BCUT2D eigenvalue weighted by Gasteiger charge is -2.38. The molecule has 14 heavy (non-hydrogen) atoms. The molecule has 0 aromatic heterocycles. The Morgan fingerprint density at radius 1 is 1.21 bits per heavy atom. The Bertz CT molecular complexity index is 227. The number of nitrogens with one attached hydrogen (secondary N) is 1. The summed E-state index contributed by atoms with van der Waals surface area (Å²) in [7, 11) is 0. The summed E-state index contributed by atoms with van der Waals surface area (Å²) >= 11 is 0. The van der Waals surface area contributed by atoms with Crippen LogP contribution in [0.2, 0.25) is 0 Å². The van der Waals surface area contributed by atoms with Crippen LogP contribution in [0.3, 0.4) is 0 Å². The quantitative estimate of drug-likeness (QED) is 0.628. The molecule has 1 saturated carbocycles. The first-order chi connectivity index (χ1) is 6.79. The van der Waals surface area contributed by atoms with Gasteiger partial charge in [0.25, 0.3) is 0 Å². The highest BCUT2D eigenvalue weighted by Crippen LogP contribution is 2.52. The van der Waals surface area contributed by atoms with Crippen molar-refractivity contribution in [3.05, 3.63) is 0 Å². The van der Waals surface area contributed by atoms with Crippen molar-refractivity contribution in [3.8, 4) is 0 Å². The zero-order chi connectivity index (χ0) is 9.60. The fourth-order valence-corrected chi connectivity index (χ4v) is 3.14. The summed E-state index contributed by atoms with van der Waals surface area (Å²) in [6.07, 6.45) is 5.49. The van der Waals surface area contributed by atoms with E-state index in [1.54, 1.807) is 0 Å². The van der Waals surface area contributed by atoms with E-state index in [-0.39, 0.29) is 6.10 Å². The summed E-state index contributed by atoms with van der Waals surface area (Å²) in [6, 6.07) is 0.396. The third-order valence-electron chi connectivity index (χ3n) is 4.27. The fraction of sp³-hybridized carbons (Fsp3) is 1.00. The molecule has 3 nitrogen and oxygen atoms in total. The highest BCUT2D eigenvalue weighted by Gasteiger charge is 2.47. The molecular weight excluding hydrogens is 176 g/mol. The number of hydrogen-bond donors (Lipinski definition) is 2. The zero-order valence-electron chi connectivity index (χ0n) is 8.71. The summed E-state index contributed by atoms with van der Waals surface area (Å²) in [5.74, 6) is 0. The molecule has 2 aliphatic heterocycles. The van der Waals surface area contributed by atoms with Crippen LogP contribution in [0.1, 0.15) is 25.7 Å². The molecule has 0 aromatic carbocycles. The molecule has 3 fully saturated rings. The SMILES string of the molecule is O[C@@H]1CNC[C@H]1N1CCCC2(CC2)C1. The van der Waals surface area contributed by atoms with E-state index in [0.717, 1.165) is 13.1 Å². The van der Waals surface area contributed by atoms with Crippen molar-refractivity contribution >= 4 is 0 Å². The van der Waals surface area contributed by atoms with Gasteiger partial charge >= 0.3 is 0 Å². The summed E-state index contributed by atoms with van der Waals surface area (Å²) < 4.78 is 0. The Hall–Kier alpha value is -0.120. The van der Waals surface area contributed by atoms with Gasteiger partial charge in [0, 0.05) is 25.7 Å². The van der Waals surface area contributed by atoms with Gasteiger partial charge in [-0.15, -0.1) is 0 Å². The minimum absolute atomic E-state index is 0.135. The molecule has 0 radical (unpaired) electrons. The molecule has 0 amide bonds. The number of β-amino-alcohol motifs (C(OH)–C–C–N with tert-alkyl or cyclic N) is 1. The van der Waals surface area contributed by atoms with Crippen LogP contribution in [0.25, 0.3) is 0 Å². The second-order valence-electron chi connectivity index (χ2n) is 5.37. The zero-order valence-corrected chi connectivity index (χ0v) is 8.71. The van der Waals surface area contributed by atoms with Crippen molar-refractivity contribution in [1.29, 1.82) is 0 Å². The highest BCUT2D eigenvalue weighted by molar-refractivity contribution is 5.01. The van der Waals surface area contributed by atoms with Gasteiger partial charge in [0.05, 0.1) is 6.10 Å². The molecule has 1 spiro atoms. The topological polar surface area (TPSA) is 35.5 Å². The number of aliphatic hydroxyl groups is 1. The van der Waals surface area contributed by atoms with Gasteiger partial charge in [0.1, 0.15) is 0 Å². The van der Waals surface area contributed by atoms with Crippen molar-refractivity contribution in [2.75, 3.05) is 26.2 Å². The van der Waals surface area contributed by atoms with E-state index in [1.807, 2.05) is 0 Å². The van der Waals surface area contributed by atoms with Crippen LogP contribution in [-0.2, 0) is 0 Å². The molecule has 2 atom stereocenters. The predicted molar refractivity (Wildman–Crippen MR) is 55.1 cm³/mol. The molecule has 0 unspecified atom stereocenters. The van der Waals surface area contributed by atoms with Crippen molar-refractivity contribution in [2.24, 2.45) is 5.41 Å². The molecule has 0 bridgehead atoms. The van der Waals surface area contributed by atoms with E-state index < -0.39 is 0 Å². The Balaban J connectivity index is 1.66. The van der Waals surface area contributed by atoms with Gasteiger partial charge in [0.2, 0.25) is 0 Å². The lowest BCUT2D eigenvalue weighted by Crippen LogP contribution is -2.48. The molecule has 3 heteroatoms. The summed E-state index contributed by atoms with van der Waals surface area (Å²) in [4.78, 5) is 2.53. The van der Waals surface area contributed by atoms with Gasteiger partial charge < -0.3 is 10.4 Å². The first-order valence-electron chi connectivity index (χ1n) is 5.92. The Labute approximate surface area is 85.5 Å². The van der Waals surface area contributed by atoms with E-state index in [9.17, 15) is 5.11 Å². The predicted octanol–water partition coefficient (Wildman–Crippen LogP) is 0.195. The van der Waals surface area contributed by atoms with E-state index in [2.05, 4.69) is 10.2 Å². The normalized spacial score (nSPS) is 41.8. The average molecular weight is 196 g/mol. The molecule has 3 aliphatic rings. The van der Waals surface area contributed by atoms with E-state index in [4.69, 9.17) is 0 Å². The third-order valence-corrected chi connectivity index (χ3v) is 4.27. The third kappa shape index (κ3) is 1.47. The maximum atomic E-state index is 9.83. The maximum absolute atomic E-state index is 9.83. The Morgan fingerprint density at radius 3 is 2.71 bits per heavy atom. The van der Waals surface area contributed by atoms with Crippen LogP contribution >= 0.6 is 0 Å². The van der Waals surface area contributed by atoms with Crippen molar-refractivity contribution in [1.82, 2.24) is 10.2 Å². The van der Waals surface area contributed by atoms with E-state index in [1.165, 1.54) is 38.8 Å². The second-order valence-corrected chi connectivity index (χ2v) is 5.37. The van der Waals surface area contributed by atoms with Crippen LogP contribution in [-0.4, -0.2) is 48.3 Å². The minimum Gasteiger partial charge on any atom is -0.390 e. The summed E-state index contributed by atoms with van der Waals surface area (Å²) in [6.45, 7) is 4.22. The number of aliphatic hydroxyl groups excluding tert-OH is 1. The molecule has 2 N–H and O–H groups in total. The van der Waals surface area contributed by atoms with Gasteiger partial charge in [-0.1, -0.05) is 0 Å². The summed E-state index contributed by atoms with van der Waals surface area (Å²) in [5.41, 5.74) is 0.681. The van der Waals surface area contributed by atoms with Gasteiger partial charge in [-0.05, 0) is 37.6 Å². The molecule has 2 heterocycles. The second kappa shape index (κ2) is 3.19. The van der Waals surface area contributed by atoms with Gasteiger partial charge in [0.15, 0.2) is 0 Å². The van der Waals surface area contributed by atoms with Crippen LogP contribution in [0, 0.1) is 5.41 Å². The van der Waals surface area contributed by atoms with E-state index >= 15 is 0 Å². The van der Waals surface area contributed by atoms with Crippen LogP contribution < -0.4 is 5.32 Å². The Kier molecular flexibility index (Phi) is 2.08. The fourth-order valence-electron chi connectivity index (χ4n) is 3.14. The van der Waals surface area contributed by atoms with Crippen molar-refractivity contribution in [2.45, 2.75) is 37.8 Å². The first kappa shape index (κ1) is 9.13. The molecule has 0 aromatic rings. The number of likely N-dealkylation sites (tertiary alicyclic amines) is 1. The van der Waals surface area contributed by atoms with E-state index in [0.29, 0.717) is 11.5 Å². The maximum Gasteiger partial charge on any atom is 0.0831 e. The van der Waals surface area contributed by atoms with Crippen LogP contribution in [0.5, 0.6) is 0 Å². The molecule has 1 aliphatic carbocycles. The molecule has 80 valence electrons. The average Bonchev–Trinajstić information content (AvgIpc) is 2.78. The van der Waals surface area contributed by atoms with Crippen molar-refractivity contribution < 1.29 is 5.11 Å². The lowest BCUT2D eigenvalue weighted by molar-refractivity contribution is 0.0481. The molecular formula is C11H20N2O.